The fourth-order valence-electron chi connectivity index (χ4n) is 2.04. The Hall–Kier alpha value is -2.27. The van der Waals surface area contributed by atoms with Gasteiger partial charge in [-0.3, -0.25) is 4.79 Å². The van der Waals surface area contributed by atoms with E-state index in [2.05, 4.69) is 10.6 Å². The van der Waals surface area contributed by atoms with Crippen LogP contribution in [0.4, 0.5) is 14.5 Å². The number of anilines is 1. The first-order chi connectivity index (χ1) is 10.6. The van der Waals surface area contributed by atoms with Crippen molar-refractivity contribution in [1.29, 1.82) is 0 Å². The topological polar surface area (TPSA) is 41.1 Å². The Morgan fingerprint density at radius 3 is 2.59 bits per heavy atom. The Morgan fingerprint density at radius 2 is 1.82 bits per heavy atom. The van der Waals surface area contributed by atoms with Crippen molar-refractivity contribution in [3.63, 3.8) is 0 Å². The molecule has 2 rings (SSSR count). The van der Waals surface area contributed by atoms with Gasteiger partial charge >= 0.3 is 0 Å². The van der Waals surface area contributed by atoms with Crippen LogP contribution in [0.2, 0.25) is 0 Å². The van der Waals surface area contributed by atoms with E-state index in [0.29, 0.717) is 30.8 Å². The lowest BCUT2D eigenvalue weighted by Gasteiger charge is -2.07. The molecule has 0 aliphatic carbocycles. The molecule has 2 N–H and O–H groups in total. The first-order valence-corrected chi connectivity index (χ1v) is 7.15. The zero-order valence-electron chi connectivity index (χ0n) is 12.1. The van der Waals surface area contributed by atoms with Crippen LogP contribution in [0.3, 0.4) is 0 Å². The number of carbonyl (C=O) groups is 1. The van der Waals surface area contributed by atoms with Gasteiger partial charge in [-0.15, -0.1) is 0 Å². The molecule has 0 saturated carbocycles. The molecule has 0 fully saturated rings. The molecule has 5 heteroatoms. The average Bonchev–Trinajstić information content (AvgIpc) is 2.48. The summed E-state index contributed by atoms with van der Waals surface area (Å²) < 4.78 is 26.3. The molecule has 3 nitrogen and oxygen atoms in total. The zero-order chi connectivity index (χ0) is 15.8. The molecule has 116 valence electrons. The quantitative estimate of drug-likeness (QED) is 0.772. The molecule has 1 amide bonds. The van der Waals surface area contributed by atoms with E-state index < -0.39 is 0 Å². The van der Waals surface area contributed by atoms with Gasteiger partial charge in [0, 0.05) is 18.7 Å². The van der Waals surface area contributed by atoms with Crippen LogP contribution >= 0.6 is 0 Å². The van der Waals surface area contributed by atoms with Gasteiger partial charge in [0.2, 0.25) is 5.91 Å². The highest BCUT2D eigenvalue weighted by molar-refractivity contribution is 5.90. The Labute approximate surface area is 128 Å². The third kappa shape index (κ3) is 5.26. The van der Waals surface area contributed by atoms with E-state index in [9.17, 15) is 13.6 Å². The Balaban J connectivity index is 1.64. The van der Waals surface area contributed by atoms with E-state index >= 15 is 0 Å². The molecule has 0 saturated heterocycles. The summed E-state index contributed by atoms with van der Waals surface area (Å²) in [7, 11) is 0. The van der Waals surface area contributed by atoms with Crippen molar-refractivity contribution >= 4 is 11.6 Å². The number of rotatable bonds is 7. The van der Waals surface area contributed by atoms with E-state index in [4.69, 9.17) is 0 Å². The van der Waals surface area contributed by atoms with Crippen molar-refractivity contribution in [2.24, 2.45) is 0 Å². The van der Waals surface area contributed by atoms with E-state index in [1.54, 1.807) is 24.3 Å². The van der Waals surface area contributed by atoms with Gasteiger partial charge in [-0.1, -0.05) is 24.3 Å². The van der Waals surface area contributed by atoms with Gasteiger partial charge in [-0.25, -0.2) is 8.78 Å². The molecular formula is C17H18F2N2O. The number of carbonyl (C=O) groups excluding carboxylic acids is 1. The summed E-state index contributed by atoms with van der Waals surface area (Å²) in [6, 6.07) is 12.4. The summed E-state index contributed by atoms with van der Waals surface area (Å²) >= 11 is 0. The molecule has 0 aromatic heterocycles. The molecule has 0 radical (unpaired) electrons. The highest BCUT2D eigenvalue weighted by Gasteiger charge is 2.03. The predicted molar refractivity (Wildman–Crippen MR) is 82.6 cm³/mol. The molecule has 0 bridgehead atoms. The van der Waals surface area contributed by atoms with Crippen molar-refractivity contribution in [2.75, 3.05) is 18.4 Å². The molecule has 2 aromatic carbocycles. The summed E-state index contributed by atoms with van der Waals surface area (Å²) in [5.41, 5.74) is 1.09. The van der Waals surface area contributed by atoms with Gasteiger partial charge in [-0.05, 0) is 42.8 Å². The SMILES string of the molecule is O=C(CCNCCc1ccccc1F)Nc1cccc(F)c1. The average molecular weight is 304 g/mol. The lowest BCUT2D eigenvalue weighted by molar-refractivity contribution is -0.116. The molecule has 0 atom stereocenters. The van der Waals surface area contributed by atoms with Crippen molar-refractivity contribution in [1.82, 2.24) is 5.32 Å². The van der Waals surface area contributed by atoms with Gasteiger partial charge < -0.3 is 10.6 Å². The molecule has 0 unspecified atom stereocenters. The van der Waals surface area contributed by atoms with Gasteiger partial charge in [0.1, 0.15) is 11.6 Å². The highest BCUT2D eigenvalue weighted by Crippen LogP contribution is 2.09. The second-order valence-electron chi connectivity index (χ2n) is 4.90. The largest absolute Gasteiger partial charge is 0.326 e. The Bertz CT molecular complexity index is 632. The highest BCUT2D eigenvalue weighted by atomic mass is 19.1. The molecule has 0 heterocycles. The molecule has 22 heavy (non-hydrogen) atoms. The fraction of sp³-hybridized carbons (Fsp3) is 0.235. The number of halogens is 2. The molecule has 0 spiro atoms. The van der Waals surface area contributed by atoms with Crippen LogP contribution in [-0.2, 0) is 11.2 Å². The van der Waals surface area contributed by atoms with E-state index in [-0.39, 0.29) is 24.0 Å². The number of hydrogen-bond donors (Lipinski definition) is 2. The van der Waals surface area contributed by atoms with Gasteiger partial charge in [0.25, 0.3) is 0 Å². The summed E-state index contributed by atoms with van der Waals surface area (Å²) in [4.78, 5) is 11.7. The minimum Gasteiger partial charge on any atom is -0.326 e. The summed E-state index contributed by atoms with van der Waals surface area (Å²) in [5, 5.41) is 5.71. The second kappa shape index (κ2) is 8.24. The van der Waals surface area contributed by atoms with Crippen LogP contribution < -0.4 is 10.6 Å². The van der Waals surface area contributed by atoms with Crippen molar-refractivity contribution in [3.8, 4) is 0 Å². The second-order valence-corrected chi connectivity index (χ2v) is 4.90. The number of hydrogen-bond acceptors (Lipinski definition) is 2. The van der Waals surface area contributed by atoms with Crippen LogP contribution in [0.1, 0.15) is 12.0 Å². The van der Waals surface area contributed by atoms with E-state index in [1.807, 2.05) is 0 Å². The first-order valence-electron chi connectivity index (χ1n) is 7.15. The van der Waals surface area contributed by atoms with E-state index in [1.165, 1.54) is 24.3 Å². The minimum absolute atomic E-state index is 0.191. The van der Waals surface area contributed by atoms with Gasteiger partial charge in [0.05, 0.1) is 0 Å². The fourth-order valence-corrected chi connectivity index (χ4v) is 2.04. The standard InChI is InChI=1S/C17H18F2N2O/c18-14-5-3-6-15(12-14)21-17(22)9-11-20-10-8-13-4-1-2-7-16(13)19/h1-7,12,20H,8-11H2,(H,21,22). The molecular weight excluding hydrogens is 286 g/mol. The van der Waals surface area contributed by atoms with Crippen molar-refractivity contribution < 1.29 is 13.6 Å². The van der Waals surface area contributed by atoms with Crippen LogP contribution in [-0.4, -0.2) is 19.0 Å². The minimum atomic E-state index is -0.388. The maximum absolute atomic E-state index is 13.4. The number of nitrogens with one attached hydrogen (secondary N) is 2. The number of benzene rings is 2. The summed E-state index contributed by atoms with van der Waals surface area (Å²) in [5.74, 6) is -0.794. The third-order valence-corrected chi connectivity index (χ3v) is 3.17. The maximum Gasteiger partial charge on any atom is 0.225 e. The Morgan fingerprint density at radius 1 is 1.00 bits per heavy atom. The predicted octanol–water partition coefficient (Wildman–Crippen LogP) is 3.13. The first kappa shape index (κ1) is 16.1. The summed E-state index contributed by atoms with van der Waals surface area (Å²) in [6.45, 7) is 1.07. The van der Waals surface area contributed by atoms with Crippen LogP contribution in [0.15, 0.2) is 48.5 Å². The normalized spacial score (nSPS) is 10.5. The van der Waals surface area contributed by atoms with Crippen LogP contribution in [0.5, 0.6) is 0 Å². The lowest BCUT2D eigenvalue weighted by Crippen LogP contribution is -2.23. The molecule has 0 aliphatic rings. The Kier molecular flexibility index (Phi) is 6.03. The smallest absolute Gasteiger partial charge is 0.225 e. The van der Waals surface area contributed by atoms with Crippen LogP contribution in [0.25, 0.3) is 0 Å². The van der Waals surface area contributed by atoms with Crippen molar-refractivity contribution in [2.45, 2.75) is 12.8 Å². The molecule has 2 aromatic rings. The van der Waals surface area contributed by atoms with E-state index in [0.717, 1.165) is 0 Å². The number of amides is 1. The summed E-state index contributed by atoms with van der Waals surface area (Å²) in [6.07, 6.45) is 0.839. The van der Waals surface area contributed by atoms with Gasteiger partial charge in [0.15, 0.2) is 0 Å². The lowest BCUT2D eigenvalue weighted by atomic mass is 10.1. The van der Waals surface area contributed by atoms with Gasteiger partial charge in [-0.2, -0.15) is 0 Å². The van der Waals surface area contributed by atoms with Crippen LogP contribution in [0, 0.1) is 11.6 Å². The van der Waals surface area contributed by atoms with Crippen molar-refractivity contribution in [3.05, 3.63) is 65.7 Å². The monoisotopic (exact) mass is 304 g/mol. The third-order valence-electron chi connectivity index (χ3n) is 3.17. The maximum atomic E-state index is 13.4. The zero-order valence-corrected chi connectivity index (χ0v) is 12.1. The molecule has 0 aliphatic heterocycles.